The van der Waals surface area contributed by atoms with Gasteiger partial charge in [0.15, 0.2) is 0 Å². The molecule has 1 heterocycles. The van der Waals surface area contributed by atoms with Crippen molar-refractivity contribution in [3.63, 3.8) is 0 Å². The number of anilines is 1. The molecule has 0 radical (unpaired) electrons. The molecular formula is C23H27N5O. The summed E-state index contributed by atoms with van der Waals surface area (Å²) in [6.45, 7) is 6.47. The van der Waals surface area contributed by atoms with Crippen LogP contribution in [0.4, 0.5) is 5.82 Å². The average molecular weight is 390 g/mol. The van der Waals surface area contributed by atoms with E-state index in [1.165, 1.54) is 11.9 Å². The first kappa shape index (κ1) is 21.8. The lowest BCUT2D eigenvalue weighted by Gasteiger charge is -2.06. The quantitative estimate of drug-likeness (QED) is 0.666. The molecule has 1 amide bonds. The fourth-order valence-electron chi connectivity index (χ4n) is 2.68. The molecule has 0 saturated heterocycles. The number of nitrogens with zero attached hydrogens (tertiary/aromatic N) is 3. The fourth-order valence-corrected chi connectivity index (χ4v) is 2.68. The lowest BCUT2D eigenvalue weighted by Crippen LogP contribution is -2.22. The predicted octanol–water partition coefficient (Wildman–Crippen LogP) is 3.65. The number of nitrogen functional groups attached to an aromatic ring is 1. The number of benzene rings is 2. The van der Waals surface area contributed by atoms with Gasteiger partial charge in [-0.3, -0.25) is 9.79 Å². The second kappa shape index (κ2) is 10.7. The molecule has 0 bridgehead atoms. The van der Waals surface area contributed by atoms with Crippen LogP contribution in [0.15, 0.2) is 59.9 Å². The van der Waals surface area contributed by atoms with Crippen LogP contribution in [0.1, 0.15) is 38.3 Å². The normalized spacial score (nSPS) is 10.3. The summed E-state index contributed by atoms with van der Waals surface area (Å²) in [5.74, 6) is 0.448. The number of aryl methyl sites for hydroxylation is 3. The van der Waals surface area contributed by atoms with Crippen molar-refractivity contribution in [3.8, 4) is 0 Å². The first-order valence-corrected chi connectivity index (χ1v) is 9.30. The van der Waals surface area contributed by atoms with E-state index in [9.17, 15) is 4.79 Å². The maximum Gasteiger partial charge on any atom is 0.251 e. The van der Waals surface area contributed by atoms with Gasteiger partial charge in [0.05, 0.1) is 11.3 Å². The predicted molar refractivity (Wildman–Crippen MR) is 118 cm³/mol. The minimum absolute atomic E-state index is 0.0276. The highest BCUT2D eigenvalue weighted by molar-refractivity contribution is 5.94. The maximum atomic E-state index is 11.9. The van der Waals surface area contributed by atoms with Gasteiger partial charge >= 0.3 is 0 Å². The molecule has 3 rings (SSSR count). The second-order valence-electron chi connectivity index (χ2n) is 6.69. The van der Waals surface area contributed by atoms with Crippen LogP contribution >= 0.6 is 0 Å². The Hall–Kier alpha value is -3.54. The van der Waals surface area contributed by atoms with Gasteiger partial charge in [0.25, 0.3) is 5.91 Å². The molecule has 6 nitrogen and oxygen atoms in total. The Morgan fingerprint density at radius 2 is 1.76 bits per heavy atom. The molecule has 0 aliphatic rings. The van der Waals surface area contributed by atoms with Gasteiger partial charge in [-0.05, 0) is 38.5 Å². The van der Waals surface area contributed by atoms with Crippen LogP contribution in [0.25, 0.3) is 0 Å². The van der Waals surface area contributed by atoms with E-state index in [1.54, 1.807) is 13.3 Å². The molecule has 3 aromatic rings. The first-order valence-electron chi connectivity index (χ1n) is 9.30. The van der Waals surface area contributed by atoms with Crippen molar-refractivity contribution in [1.82, 2.24) is 15.3 Å². The van der Waals surface area contributed by atoms with Gasteiger partial charge in [0.2, 0.25) is 0 Å². The molecule has 0 spiro atoms. The smallest absolute Gasteiger partial charge is 0.251 e. The van der Waals surface area contributed by atoms with Gasteiger partial charge in [-0.2, -0.15) is 0 Å². The summed E-state index contributed by atoms with van der Waals surface area (Å²) in [5.41, 5.74) is 11.3. The summed E-state index contributed by atoms with van der Waals surface area (Å²) in [6, 6.07) is 15.8. The van der Waals surface area contributed by atoms with Crippen LogP contribution in [0, 0.1) is 20.8 Å². The highest BCUT2D eigenvalue weighted by Crippen LogP contribution is 2.07. The van der Waals surface area contributed by atoms with Gasteiger partial charge < -0.3 is 11.1 Å². The van der Waals surface area contributed by atoms with E-state index in [2.05, 4.69) is 26.3 Å². The van der Waals surface area contributed by atoms with Gasteiger partial charge in [-0.1, -0.05) is 47.5 Å². The van der Waals surface area contributed by atoms with Crippen molar-refractivity contribution in [2.75, 3.05) is 12.8 Å². The number of amides is 1. The van der Waals surface area contributed by atoms with Crippen LogP contribution in [-0.4, -0.2) is 29.1 Å². The minimum atomic E-state index is -0.0276. The molecule has 1 aromatic heterocycles. The molecule has 29 heavy (non-hydrogen) atoms. The van der Waals surface area contributed by atoms with Crippen molar-refractivity contribution < 1.29 is 4.79 Å². The van der Waals surface area contributed by atoms with Crippen LogP contribution in [0.5, 0.6) is 0 Å². The molecule has 150 valence electrons. The summed E-state index contributed by atoms with van der Waals surface area (Å²) < 4.78 is 0. The number of carbonyl (C=O) groups excluding carboxylic acids is 1. The number of hydrogen-bond acceptors (Lipinski definition) is 5. The third-order valence-electron chi connectivity index (χ3n) is 4.19. The lowest BCUT2D eigenvalue weighted by atomic mass is 10.1. The zero-order valence-electron chi connectivity index (χ0n) is 17.3. The van der Waals surface area contributed by atoms with Crippen LogP contribution in [0.2, 0.25) is 0 Å². The summed E-state index contributed by atoms with van der Waals surface area (Å²) in [7, 11) is 1.69. The topological polar surface area (TPSA) is 93.3 Å². The van der Waals surface area contributed by atoms with Crippen molar-refractivity contribution in [2.45, 2.75) is 27.3 Å². The number of nitrogens with one attached hydrogen (secondary N) is 1. The molecule has 0 atom stereocenters. The van der Waals surface area contributed by atoms with Crippen LogP contribution in [-0.2, 0) is 6.54 Å². The van der Waals surface area contributed by atoms with E-state index in [0.717, 1.165) is 22.4 Å². The zero-order valence-corrected chi connectivity index (χ0v) is 17.3. The summed E-state index contributed by atoms with van der Waals surface area (Å²) in [5, 5.41) is 2.93. The molecule has 0 saturated carbocycles. The van der Waals surface area contributed by atoms with Crippen molar-refractivity contribution in [1.29, 1.82) is 0 Å². The summed E-state index contributed by atoms with van der Waals surface area (Å²) in [6.07, 6.45) is 3.10. The van der Waals surface area contributed by atoms with Gasteiger partial charge in [0, 0.05) is 25.4 Å². The Morgan fingerprint density at radius 1 is 1.07 bits per heavy atom. The highest BCUT2D eigenvalue weighted by Gasteiger charge is 2.04. The second-order valence-corrected chi connectivity index (χ2v) is 6.69. The molecular weight excluding hydrogens is 362 g/mol. The zero-order chi connectivity index (χ0) is 21.2. The summed E-state index contributed by atoms with van der Waals surface area (Å²) >= 11 is 0. The SMILES string of the molecule is CN=Cc1c(C)ncnc1N.Cc1cccc(CNC(=O)c2cccc(C)c2)c1. The number of aromatic nitrogens is 2. The molecule has 0 aliphatic carbocycles. The number of nitrogens with two attached hydrogens (primary N) is 1. The summed E-state index contributed by atoms with van der Waals surface area (Å²) in [4.78, 5) is 23.6. The van der Waals surface area contributed by atoms with Gasteiger partial charge in [-0.25, -0.2) is 9.97 Å². The third kappa shape index (κ3) is 6.84. The fraction of sp³-hybridized carbons (Fsp3) is 0.217. The molecule has 0 unspecified atom stereocenters. The number of aliphatic imine (C=N–C) groups is 1. The molecule has 2 aromatic carbocycles. The molecule has 3 N–H and O–H groups in total. The van der Waals surface area contributed by atoms with Gasteiger partial charge in [-0.15, -0.1) is 0 Å². The maximum absolute atomic E-state index is 11.9. The number of hydrogen-bond donors (Lipinski definition) is 2. The Balaban J connectivity index is 0.000000234. The molecule has 6 heteroatoms. The van der Waals surface area contributed by atoms with Crippen LogP contribution in [0.3, 0.4) is 0 Å². The van der Waals surface area contributed by atoms with E-state index in [4.69, 9.17) is 5.73 Å². The van der Waals surface area contributed by atoms with E-state index >= 15 is 0 Å². The van der Waals surface area contributed by atoms with E-state index in [-0.39, 0.29) is 5.91 Å². The van der Waals surface area contributed by atoms with Crippen molar-refractivity contribution >= 4 is 17.9 Å². The minimum Gasteiger partial charge on any atom is -0.383 e. The van der Waals surface area contributed by atoms with Gasteiger partial charge in [0.1, 0.15) is 12.1 Å². The van der Waals surface area contributed by atoms with E-state index in [1.807, 2.05) is 63.2 Å². The van der Waals surface area contributed by atoms with E-state index < -0.39 is 0 Å². The largest absolute Gasteiger partial charge is 0.383 e. The molecule has 0 aliphatic heterocycles. The Labute approximate surface area is 171 Å². The number of carbonyl (C=O) groups is 1. The monoisotopic (exact) mass is 389 g/mol. The van der Waals surface area contributed by atoms with Crippen molar-refractivity contribution in [3.05, 3.63) is 88.4 Å². The Bertz CT molecular complexity index is 978. The van der Waals surface area contributed by atoms with E-state index in [0.29, 0.717) is 17.9 Å². The standard InChI is InChI=1S/C16H17NO.C7H10N4/c1-12-5-3-7-14(9-12)11-17-16(18)15-8-4-6-13(2)10-15;1-5-6(3-9-2)7(8)11-4-10-5/h3-10H,11H2,1-2H3,(H,17,18);3-4H,1-2H3,(H2,8,10,11). The third-order valence-corrected chi connectivity index (χ3v) is 4.19. The molecule has 0 fully saturated rings. The van der Waals surface area contributed by atoms with Crippen LogP contribution < -0.4 is 11.1 Å². The Morgan fingerprint density at radius 3 is 2.38 bits per heavy atom. The highest BCUT2D eigenvalue weighted by atomic mass is 16.1. The first-order chi connectivity index (χ1) is 13.9. The average Bonchev–Trinajstić information content (AvgIpc) is 2.70. The van der Waals surface area contributed by atoms with Crippen molar-refractivity contribution in [2.24, 2.45) is 4.99 Å². The Kier molecular flexibility index (Phi) is 8.03. The lowest BCUT2D eigenvalue weighted by molar-refractivity contribution is 0.0951. The number of rotatable bonds is 4.